The second kappa shape index (κ2) is 7.67. The largest absolute Gasteiger partial charge is 0.391 e. The highest BCUT2D eigenvalue weighted by atomic mass is 32.1. The Kier molecular flexibility index (Phi) is 4.87. The zero-order chi connectivity index (χ0) is 19.8. The third-order valence-electron chi connectivity index (χ3n) is 5.30. The third kappa shape index (κ3) is 3.69. The highest BCUT2D eigenvalue weighted by molar-refractivity contribution is 7.17. The van der Waals surface area contributed by atoms with Gasteiger partial charge in [0, 0.05) is 17.1 Å². The molecule has 1 fully saturated rings. The fraction of sp³-hybridized carbons (Fsp3) is 0.227. The highest BCUT2D eigenvalue weighted by Gasteiger charge is 2.30. The van der Waals surface area contributed by atoms with Gasteiger partial charge in [0.05, 0.1) is 22.4 Å². The molecule has 1 saturated carbocycles. The van der Waals surface area contributed by atoms with Crippen molar-refractivity contribution in [2.75, 3.05) is 0 Å². The molecule has 0 radical (unpaired) electrons. The Morgan fingerprint density at radius 1 is 1.14 bits per heavy atom. The van der Waals surface area contributed by atoms with Gasteiger partial charge in [0.25, 0.3) is 5.91 Å². The lowest BCUT2D eigenvalue weighted by atomic mass is 9.89. The molecule has 0 bridgehead atoms. The molecular weight excluding hydrogens is 402 g/mol. The van der Waals surface area contributed by atoms with Crippen LogP contribution in [0.1, 0.15) is 34.5 Å². The van der Waals surface area contributed by atoms with Gasteiger partial charge in [-0.15, -0.1) is 22.7 Å². The number of rotatable bonds is 5. The number of nitrogens with zero attached hydrogens (tertiary/aromatic N) is 2. The summed E-state index contributed by atoms with van der Waals surface area (Å²) in [5.41, 5.74) is 4.62. The van der Waals surface area contributed by atoms with Gasteiger partial charge in [0.1, 0.15) is 10.7 Å². The van der Waals surface area contributed by atoms with Crippen LogP contribution in [0.2, 0.25) is 0 Å². The van der Waals surface area contributed by atoms with Crippen molar-refractivity contribution in [3.63, 3.8) is 0 Å². The number of aliphatic hydroxyl groups excluding tert-OH is 1. The molecule has 2 N–H and O–H groups in total. The number of fused-ring (bicyclic) bond motifs is 1. The summed E-state index contributed by atoms with van der Waals surface area (Å²) in [4.78, 5) is 21.5. The Balaban J connectivity index is 1.41. The molecule has 1 aliphatic rings. The number of thiophene rings is 1. The molecule has 0 saturated heterocycles. The van der Waals surface area contributed by atoms with Crippen molar-refractivity contribution < 1.29 is 9.90 Å². The highest BCUT2D eigenvalue weighted by Crippen LogP contribution is 2.28. The van der Waals surface area contributed by atoms with Gasteiger partial charge in [-0.25, -0.2) is 9.97 Å². The standard InChI is InChI=1S/C22H19N3O2S2/c26-19-6-5-16(19)25-21(27)18-12-15(20-17(24-18)7-9-28-20)11-13-1-3-14(4-2-13)22-23-8-10-29-22/h1-4,7-10,12,16,19,26H,5-6,11H2,(H,25,27)/t16-,19-/m0/s1. The van der Waals surface area contributed by atoms with Gasteiger partial charge in [-0.1, -0.05) is 24.3 Å². The SMILES string of the molecule is O=C(N[C@H]1CC[C@@H]1O)c1cc(Cc2ccc(-c3nccs3)cc2)c2sccc2n1. The molecule has 5 nitrogen and oxygen atoms in total. The van der Waals surface area contributed by atoms with E-state index in [0.717, 1.165) is 45.6 Å². The topological polar surface area (TPSA) is 75.1 Å². The number of carbonyl (C=O) groups excluding carboxylic acids is 1. The Bertz CT molecular complexity index is 1150. The lowest BCUT2D eigenvalue weighted by molar-refractivity contribution is 0.0446. The number of hydrogen-bond donors (Lipinski definition) is 2. The van der Waals surface area contributed by atoms with E-state index in [4.69, 9.17) is 0 Å². The molecule has 1 aliphatic carbocycles. The molecule has 2 atom stereocenters. The fourth-order valence-corrected chi connectivity index (χ4v) is 5.01. The Hall–Kier alpha value is -2.61. The summed E-state index contributed by atoms with van der Waals surface area (Å²) in [5.74, 6) is -0.220. The van der Waals surface area contributed by atoms with E-state index in [-0.39, 0.29) is 11.9 Å². The van der Waals surface area contributed by atoms with Gasteiger partial charge in [-0.05, 0) is 47.9 Å². The maximum atomic E-state index is 12.7. The van der Waals surface area contributed by atoms with Crippen LogP contribution >= 0.6 is 22.7 Å². The number of benzene rings is 1. The minimum atomic E-state index is -0.445. The normalized spacial score (nSPS) is 18.5. The van der Waals surface area contributed by atoms with E-state index in [1.807, 2.05) is 29.1 Å². The molecule has 0 spiro atoms. The number of amides is 1. The average Bonchev–Trinajstić information content (AvgIpc) is 3.43. The van der Waals surface area contributed by atoms with Crippen molar-refractivity contribution in [3.05, 3.63) is 70.2 Å². The summed E-state index contributed by atoms with van der Waals surface area (Å²) in [6.07, 6.45) is 3.65. The second-order valence-corrected chi connectivity index (χ2v) is 9.05. The first-order valence-electron chi connectivity index (χ1n) is 9.52. The van der Waals surface area contributed by atoms with Crippen molar-refractivity contribution in [2.45, 2.75) is 31.4 Å². The van der Waals surface area contributed by atoms with Crippen molar-refractivity contribution >= 4 is 38.8 Å². The molecule has 29 heavy (non-hydrogen) atoms. The first-order valence-corrected chi connectivity index (χ1v) is 11.3. The van der Waals surface area contributed by atoms with Gasteiger partial charge in [-0.3, -0.25) is 4.79 Å². The summed E-state index contributed by atoms with van der Waals surface area (Å²) >= 11 is 3.27. The van der Waals surface area contributed by atoms with Crippen LogP contribution in [0.5, 0.6) is 0 Å². The predicted octanol–water partition coefficient (Wildman–Crippen LogP) is 4.26. The molecule has 0 unspecified atom stereocenters. The quantitative estimate of drug-likeness (QED) is 0.505. The van der Waals surface area contributed by atoms with Gasteiger partial charge < -0.3 is 10.4 Å². The number of aliphatic hydroxyl groups is 1. The van der Waals surface area contributed by atoms with E-state index >= 15 is 0 Å². The zero-order valence-electron chi connectivity index (χ0n) is 15.5. The minimum absolute atomic E-state index is 0.163. The molecule has 3 heterocycles. The summed E-state index contributed by atoms with van der Waals surface area (Å²) in [7, 11) is 0. The van der Waals surface area contributed by atoms with Gasteiger partial charge >= 0.3 is 0 Å². The molecule has 5 rings (SSSR count). The average molecular weight is 422 g/mol. The van der Waals surface area contributed by atoms with E-state index in [2.05, 4.69) is 39.6 Å². The third-order valence-corrected chi connectivity index (χ3v) is 7.10. The maximum absolute atomic E-state index is 12.7. The van der Waals surface area contributed by atoms with Crippen LogP contribution in [-0.4, -0.2) is 33.1 Å². The Morgan fingerprint density at radius 2 is 2.00 bits per heavy atom. The number of nitrogens with one attached hydrogen (secondary N) is 1. The maximum Gasteiger partial charge on any atom is 0.270 e. The minimum Gasteiger partial charge on any atom is -0.391 e. The monoisotopic (exact) mass is 421 g/mol. The van der Waals surface area contributed by atoms with Crippen molar-refractivity contribution in [3.8, 4) is 10.6 Å². The van der Waals surface area contributed by atoms with Crippen LogP contribution < -0.4 is 5.32 Å². The van der Waals surface area contributed by atoms with Crippen LogP contribution in [0, 0.1) is 0 Å². The fourth-order valence-electron chi connectivity index (χ4n) is 3.52. The number of hydrogen-bond acceptors (Lipinski definition) is 6. The first-order chi connectivity index (χ1) is 14.2. The summed E-state index contributed by atoms with van der Waals surface area (Å²) in [6, 6.07) is 12.1. The van der Waals surface area contributed by atoms with Gasteiger partial charge in [0.15, 0.2) is 0 Å². The van der Waals surface area contributed by atoms with Crippen LogP contribution in [0.25, 0.3) is 20.8 Å². The van der Waals surface area contributed by atoms with Gasteiger partial charge in [0.2, 0.25) is 0 Å². The molecule has 0 aliphatic heterocycles. The second-order valence-electron chi connectivity index (χ2n) is 7.24. The summed E-state index contributed by atoms with van der Waals surface area (Å²) in [6.45, 7) is 0. The van der Waals surface area contributed by atoms with Crippen molar-refractivity contribution in [1.29, 1.82) is 0 Å². The van der Waals surface area contributed by atoms with E-state index in [9.17, 15) is 9.90 Å². The number of carbonyl (C=O) groups is 1. The number of aromatic nitrogens is 2. The Labute approximate surface area is 176 Å². The summed E-state index contributed by atoms with van der Waals surface area (Å²) in [5, 5.41) is 17.6. The van der Waals surface area contributed by atoms with Crippen molar-refractivity contribution in [1.82, 2.24) is 15.3 Å². The number of pyridine rings is 1. The van der Waals surface area contributed by atoms with Crippen LogP contribution in [-0.2, 0) is 6.42 Å². The first kappa shape index (κ1) is 18.4. The van der Waals surface area contributed by atoms with E-state index in [0.29, 0.717) is 5.69 Å². The molecule has 7 heteroatoms. The molecule has 1 aromatic carbocycles. The van der Waals surface area contributed by atoms with Crippen LogP contribution in [0.4, 0.5) is 0 Å². The van der Waals surface area contributed by atoms with E-state index < -0.39 is 6.10 Å². The lowest BCUT2D eigenvalue weighted by Crippen LogP contribution is -2.50. The van der Waals surface area contributed by atoms with Crippen LogP contribution in [0.3, 0.4) is 0 Å². The van der Waals surface area contributed by atoms with Gasteiger partial charge in [-0.2, -0.15) is 0 Å². The Morgan fingerprint density at radius 3 is 2.69 bits per heavy atom. The molecule has 1 amide bonds. The van der Waals surface area contributed by atoms with Crippen molar-refractivity contribution in [2.24, 2.45) is 0 Å². The molecule has 4 aromatic rings. The smallest absolute Gasteiger partial charge is 0.270 e. The summed E-state index contributed by atoms with van der Waals surface area (Å²) < 4.78 is 1.11. The van der Waals surface area contributed by atoms with E-state index in [1.54, 1.807) is 22.7 Å². The molecule has 3 aromatic heterocycles. The predicted molar refractivity (Wildman–Crippen MR) is 116 cm³/mol. The van der Waals surface area contributed by atoms with E-state index in [1.165, 1.54) is 5.56 Å². The lowest BCUT2D eigenvalue weighted by Gasteiger charge is -2.32. The molecule has 146 valence electrons. The number of thiazole rings is 1. The molecular formula is C22H19N3O2S2. The van der Waals surface area contributed by atoms with Crippen LogP contribution in [0.15, 0.2) is 53.4 Å². The zero-order valence-corrected chi connectivity index (χ0v) is 17.2.